The van der Waals surface area contributed by atoms with Crippen molar-refractivity contribution >= 4 is 5.91 Å². The van der Waals surface area contributed by atoms with Crippen LogP contribution in [0.3, 0.4) is 0 Å². The molecule has 78 valence electrons. The molecular weight excluding hydrogens is 180 g/mol. The van der Waals surface area contributed by atoms with E-state index >= 15 is 0 Å². The van der Waals surface area contributed by atoms with Gasteiger partial charge in [-0.25, -0.2) is 0 Å². The van der Waals surface area contributed by atoms with Gasteiger partial charge in [-0.3, -0.25) is 9.48 Å². The van der Waals surface area contributed by atoms with E-state index in [1.807, 2.05) is 7.05 Å². The summed E-state index contributed by atoms with van der Waals surface area (Å²) < 4.78 is 1.62. The Morgan fingerprint density at radius 1 is 1.64 bits per heavy atom. The number of aromatic nitrogens is 2. The summed E-state index contributed by atoms with van der Waals surface area (Å²) in [6, 6.07) is 1.81. The number of hydrogen-bond acceptors (Lipinski definition) is 3. The second kappa shape index (κ2) is 5.39. The van der Waals surface area contributed by atoms with Crippen LogP contribution in [0.25, 0.3) is 0 Å². The number of nitrogens with zero attached hydrogens (tertiary/aromatic N) is 3. The highest BCUT2D eigenvalue weighted by Gasteiger charge is 2.08. The van der Waals surface area contributed by atoms with Crippen LogP contribution in [-0.4, -0.2) is 47.8 Å². The second-order valence-corrected chi connectivity index (χ2v) is 3.12. The van der Waals surface area contributed by atoms with Gasteiger partial charge in [-0.2, -0.15) is 5.10 Å². The maximum absolute atomic E-state index is 11.6. The van der Waals surface area contributed by atoms with Crippen LogP contribution < -0.4 is 5.32 Å². The maximum Gasteiger partial charge on any atom is 0.244 e. The van der Waals surface area contributed by atoms with E-state index in [1.165, 1.54) is 0 Å². The maximum atomic E-state index is 11.6. The van der Waals surface area contributed by atoms with Gasteiger partial charge < -0.3 is 10.2 Å². The first-order chi connectivity index (χ1) is 6.74. The van der Waals surface area contributed by atoms with Crippen molar-refractivity contribution in [2.24, 2.45) is 0 Å². The van der Waals surface area contributed by atoms with Crippen molar-refractivity contribution in [1.82, 2.24) is 20.0 Å². The molecule has 0 aliphatic heterocycles. The molecule has 0 aliphatic rings. The van der Waals surface area contributed by atoms with Gasteiger partial charge in [-0.05, 0) is 13.1 Å². The lowest BCUT2D eigenvalue weighted by Crippen LogP contribution is -2.35. The second-order valence-electron chi connectivity index (χ2n) is 3.12. The molecule has 14 heavy (non-hydrogen) atoms. The Balaban J connectivity index is 2.34. The molecule has 0 saturated carbocycles. The van der Waals surface area contributed by atoms with Crippen LogP contribution in [0.5, 0.6) is 0 Å². The summed E-state index contributed by atoms with van der Waals surface area (Å²) in [4.78, 5) is 13.2. The van der Waals surface area contributed by atoms with Gasteiger partial charge >= 0.3 is 0 Å². The lowest BCUT2D eigenvalue weighted by Gasteiger charge is -2.16. The van der Waals surface area contributed by atoms with E-state index in [4.69, 9.17) is 0 Å². The van der Waals surface area contributed by atoms with E-state index in [-0.39, 0.29) is 5.91 Å². The largest absolute Gasteiger partial charge is 0.343 e. The molecule has 1 aromatic rings. The van der Waals surface area contributed by atoms with Crippen molar-refractivity contribution in [3.05, 3.63) is 18.5 Å². The Morgan fingerprint density at radius 3 is 3.00 bits per heavy atom. The first-order valence-corrected chi connectivity index (χ1v) is 4.60. The van der Waals surface area contributed by atoms with Gasteiger partial charge in [0.1, 0.15) is 6.54 Å². The van der Waals surface area contributed by atoms with Crippen molar-refractivity contribution in [1.29, 1.82) is 0 Å². The molecule has 1 heterocycles. The van der Waals surface area contributed by atoms with Crippen molar-refractivity contribution in [3.8, 4) is 0 Å². The lowest BCUT2D eigenvalue weighted by molar-refractivity contribution is -0.130. The van der Waals surface area contributed by atoms with Crippen LogP contribution >= 0.6 is 0 Å². The smallest absolute Gasteiger partial charge is 0.244 e. The highest BCUT2D eigenvalue weighted by atomic mass is 16.2. The summed E-state index contributed by atoms with van der Waals surface area (Å²) in [6.07, 6.45) is 3.45. The number of rotatable bonds is 5. The monoisotopic (exact) mass is 196 g/mol. The normalized spacial score (nSPS) is 10.1. The molecule has 0 aliphatic carbocycles. The van der Waals surface area contributed by atoms with Gasteiger partial charge in [0.15, 0.2) is 0 Å². The molecule has 0 atom stereocenters. The number of nitrogens with one attached hydrogen (secondary N) is 1. The first kappa shape index (κ1) is 10.7. The summed E-state index contributed by atoms with van der Waals surface area (Å²) in [5.41, 5.74) is 0. The number of carbonyl (C=O) groups is 1. The van der Waals surface area contributed by atoms with Crippen LogP contribution in [0.4, 0.5) is 0 Å². The summed E-state index contributed by atoms with van der Waals surface area (Å²) in [5.74, 6) is 0.0731. The summed E-state index contributed by atoms with van der Waals surface area (Å²) >= 11 is 0. The summed E-state index contributed by atoms with van der Waals surface area (Å²) in [5, 5.41) is 6.97. The number of hydrogen-bond donors (Lipinski definition) is 1. The number of likely N-dealkylation sites (N-methyl/N-ethyl adjacent to an activating group) is 2. The average Bonchev–Trinajstić information content (AvgIpc) is 2.66. The average molecular weight is 196 g/mol. The standard InChI is InChI=1S/C9H16N4O/c1-10-5-7-12(2)9(14)8-13-6-3-4-11-13/h3-4,6,10H,5,7-8H2,1-2H3. The molecule has 0 spiro atoms. The third-order valence-electron chi connectivity index (χ3n) is 1.98. The predicted octanol–water partition coefficient (Wildman–Crippen LogP) is -0.439. The van der Waals surface area contributed by atoms with Crippen molar-refractivity contribution in [2.75, 3.05) is 27.2 Å². The topological polar surface area (TPSA) is 50.2 Å². The van der Waals surface area contributed by atoms with Gasteiger partial charge in [0.2, 0.25) is 5.91 Å². The number of amides is 1. The van der Waals surface area contributed by atoms with E-state index in [1.54, 1.807) is 35.1 Å². The minimum atomic E-state index is 0.0731. The molecule has 0 unspecified atom stereocenters. The minimum Gasteiger partial charge on any atom is -0.343 e. The van der Waals surface area contributed by atoms with Crippen LogP contribution in [0.15, 0.2) is 18.5 Å². The van der Waals surface area contributed by atoms with E-state index in [0.717, 1.165) is 13.1 Å². The Labute approximate surface area is 83.7 Å². The van der Waals surface area contributed by atoms with Crippen LogP contribution in [0, 0.1) is 0 Å². The molecule has 0 bridgehead atoms. The van der Waals surface area contributed by atoms with E-state index in [0.29, 0.717) is 6.54 Å². The Hall–Kier alpha value is -1.36. The molecule has 1 aromatic heterocycles. The van der Waals surface area contributed by atoms with Gasteiger partial charge in [-0.1, -0.05) is 0 Å². The highest BCUT2D eigenvalue weighted by Crippen LogP contribution is 1.90. The first-order valence-electron chi connectivity index (χ1n) is 4.60. The fourth-order valence-corrected chi connectivity index (χ4v) is 1.06. The zero-order chi connectivity index (χ0) is 10.4. The highest BCUT2D eigenvalue weighted by molar-refractivity contribution is 5.75. The van der Waals surface area contributed by atoms with E-state index < -0.39 is 0 Å². The summed E-state index contributed by atoms with van der Waals surface area (Å²) in [7, 11) is 3.66. The fraction of sp³-hybridized carbons (Fsp3) is 0.556. The quantitative estimate of drug-likeness (QED) is 0.694. The van der Waals surface area contributed by atoms with E-state index in [9.17, 15) is 4.79 Å². The van der Waals surface area contributed by atoms with Crippen molar-refractivity contribution < 1.29 is 4.79 Å². The van der Waals surface area contributed by atoms with Crippen LogP contribution in [0.2, 0.25) is 0 Å². The van der Waals surface area contributed by atoms with Gasteiger partial charge in [0, 0.05) is 32.5 Å². The van der Waals surface area contributed by atoms with Crippen LogP contribution in [-0.2, 0) is 11.3 Å². The van der Waals surface area contributed by atoms with Crippen molar-refractivity contribution in [3.63, 3.8) is 0 Å². The Morgan fingerprint density at radius 2 is 2.43 bits per heavy atom. The molecule has 1 N–H and O–H groups in total. The Kier molecular flexibility index (Phi) is 4.12. The molecule has 5 heteroatoms. The molecule has 0 fully saturated rings. The molecule has 0 radical (unpaired) electrons. The number of carbonyl (C=O) groups excluding carboxylic acids is 1. The van der Waals surface area contributed by atoms with E-state index in [2.05, 4.69) is 10.4 Å². The molecular formula is C9H16N4O. The molecule has 0 aromatic carbocycles. The van der Waals surface area contributed by atoms with Crippen molar-refractivity contribution in [2.45, 2.75) is 6.54 Å². The third kappa shape index (κ3) is 3.18. The SMILES string of the molecule is CNCCN(C)C(=O)Cn1cccn1. The zero-order valence-electron chi connectivity index (χ0n) is 8.60. The minimum absolute atomic E-state index is 0.0731. The molecule has 1 rings (SSSR count). The predicted molar refractivity (Wildman–Crippen MR) is 53.8 cm³/mol. The third-order valence-corrected chi connectivity index (χ3v) is 1.98. The van der Waals surface area contributed by atoms with Gasteiger partial charge in [0.25, 0.3) is 0 Å². The zero-order valence-corrected chi connectivity index (χ0v) is 8.60. The fourth-order valence-electron chi connectivity index (χ4n) is 1.06. The van der Waals surface area contributed by atoms with Gasteiger partial charge in [-0.15, -0.1) is 0 Å². The molecule has 0 saturated heterocycles. The summed E-state index contributed by atoms with van der Waals surface area (Å²) in [6.45, 7) is 1.84. The van der Waals surface area contributed by atoms with Gasteiger partial charge in [0.05, 0.1) is 0 Å². The molecule has 5 nitrogen and oxygen atoms in total. The molecule has 1 amide bonds. The van der Waals surface area contributed by atoms with Crippen LogP contribution in [0.1, 0.15) is 0 Å². The Bertz CT molecular complexity index is 270. The lowest BCUT2D eigenvalue weighted by atomic mass is 10.5.